The lowest BCUT2D eigenvalue weighted by Crippen LogP contribution is -2.17. The molecule has 0 unspecified atom stereocenters. The van der Waals surface area contributed by atoms with Crippen molar-refractivity contribution in [3.8, 4) is 11.6 Å². The Morgan fingerprint density at radius 1 is 1.07 bits per heavy atom. The maximum Gasteiger partial charge on any atom is 0.261 e. The number of fused-ring (bicyclic) bond motifs is 1. The maximum atomic E-state index is 14.9. The summed E-state index contributed by atoms with van der Waals surface area (Å²) in [4.78, 5) is 22.3. The van der Waals surface area contributed by atoms with E-state index in [1.54, 1.807) is 36.4 Å². The average molecular weight is 409 g/mol. The van der Waals surface area contributed by atoms with Crippen LogP contribution in [0.25, 0.3) is 10.9 Å². The van der Waals surface area contributed by atoms with Crippen molar-refractivity contribution in [1.29, 1.82) is 0 Å². The van der Waals surface area contributed by atoms with E-state index in [1.807, 2.05) is 6.92 Å². The number of benzene rings is 2. The number of rotatable bonds is 5. The Labute approximate surface area is 170 Å². The smallest absolute Gasteiger partial charge is 0.261 e. The molecule has 0 aliphatic carbocycles. The molecule has 2 aromatic heterocycles. The molecule has 0 aliphatic rings. The van der Waals surface area contributed by atoms with Gasteiger partial charge in [-0.05, 0) is 49.4 Å². The van der Waals surface area contributed by atoms with Crippen LogP contribution in [0.5, 0.6) is 11.6 Å². The van der Waals surface area contributed by atoms with Crippen LogP contribution in [0.4, 0.5) is 20.3 Å². The molecular weight excluding hydrogens is 392 g/mol. The number of H-pyrrole nitrogens is 1. The largest absolute Gasteiger partial charge is 0.433 e. The molecule has 7 nitrogen and oxygen atoms in total. The van der Waals surface area contributed by atoms with E-state index in [9.17, 15) is 13.6 Å². The highest BCUT2D eigenvalue weighted by Crippen LogP contribution is 2.32. The van der Waals surface area contributed by atoms with Crippen molar-refractivity contribution in [3.63, 3.8) is 0 Å². The zero-order chi connectivity index (χ0) is 21.3. The highest BCUT2D eigenvalue weighted by molar-refractivity contribution is 5.94. The summed E-state index contributed by atoms with van der Waals surface area (Å²) < 4.78 is 35.0. The molecule has 2 aromatic carbocycles. The van der Waals surface area contributed by atoms with Crippen molar-refractivity contribution in [2.75, 3.05) is 12.4 Å². The number of aromatic nitrogens is 3. The molecular formula is C21H17F2N5O2. The van der Waals surface area contributed by atoms with Gasteiger partial charge in [-0.2, -0.15) is 9.37 Å². The SMILES string of the molecule is CNC(=O)c1ccc(Nc2ncnc(Oc3ccc4[nH]c(C)cc4c3F)c2F)cc1. The Bertz CT molecular complexity index is 1240. The van der Waals surface area contributed by atoms with Crippen LogP contribution in [-0.2, 0) is 0 Å². The molecule has 152 valence electrons. The quantitative estimate of drug-likeness (QED) is 0.453. The van der Waals surface area contributed by atoms with E-state index in [0.29, 0.717) is 22.2 Å². The van der Waals surface area contributed by atoms with Gasteiger partial charge in [0, 0.05) is 34.9 Å². The van der Waals surface area contributed by atoms with Gasteiger partial charge in [-0.15, -0.1) is 0 Å². The molecule has 4 rings (SSSR count). The molecule has 0 saturated heterocycles. The number of anilines is 2. The first-order valence-corrected chi connectivity index (χ1v) is 9.01. The second-order valence-electron chi connectivity index (χ2n) is 6.52. The van der Waals surface area contributed by atoms with Crippen molar-refractivity contribution in [2.45, 2.75) is 6.92 Å². The summed E-state index contributed by atoms with van der Waals surface area (Å²) in [7, 11) is 1.53. The third kappa shape index (κ3) is 3.64. The van der Waals surface area contributed by atoms with Crippen LogP contribution in [0.15, 0.2) is 48.8 Å². The minimum absolute atomic E-state index is 0.147. The van der Waals surface area contributed by atoms with Gasteiger partial charge in [0.05, 0.1) is 0 Å². The molecule has 0 aliphatic heterocycles. The van der Waals surface area contributed by atoms with Crippen molar-refractivity contribution >= 4 is 28.3 Å². The Morgan fingerprint density at radius 2 is 1.83 bits per heavy atom. The van der Waals surface area contributed by atoms with Crippen LogP contribution in [-0.4, -0.2) is 27.9 Å². The van der Waals surface area contributed by atoms with Crippen LogP contribution in [0, 0.1) is 18.6 Å². The molecule has 0 fully saturated rings. The lowest BCUT2D eigenvalue weighted by Gasteiger charge is -2.11. The first-order chi connectivity index (χ1) is 14.5. The number of amides is 1. The predicted molar refractivity (Wildman–Crippen MR) is 108 cm³/mol. The third-order valence-corrected chi connectivity index (χ3v) is 4.44. The molecule has 0 bridgehead atoms. The zero-order valence-electron chi connectivity index (χ0n) is 16.1. The van der Waals surface area contributed by atoms with Gasteiger partial charge in [0.15, 0.2) is 17.4 Å². The highest BCUT2D eigenvalue weighted by atomic mass is 19.1. The fourth-order valence-corrected chi connectivity index (χ4v) is 2.97. The topological polar surface area (TPSA) is 91.9 Å². The lowest BCUT2D eigenvalue weighted by molar-refractivity contribution is 0.0963. The summed E-state index contributed by atoms with van der Waals surface area (Å²) in [5.41, 5.74) is 2.37. The van der Waals surface area contributed by atoms with E-state index < -0.39 is 17.5 Å². The summed E-state index contributed by atoms with van der Waals surface area (Å²) in [5.74, 6) is -2.44. The van der Waals surface area contributed by atoms with E-state index in [-0.39, 0.29) is 17.5 Å². The van der Waals surface area contributed by atoms with E-state index in [4.69, 9.17) is 4.74 Å². The number of carbonyl (C=O) groups excluding carboxylic acids is 1. The van der Waals surface area contributed by atoms with Gasteiger partial charge >= 0.3 is 0 Å². The Kier molecular flexibility index (Phi) is 5.01. The van der Waals surface area contributed by atoms with Gasteiger partial charge in [-0.25, -0.2) is 9.37 Å². The Morgan fingerprint density at radius 3 is 2.57 bits per heavy atom. The average Bonchev–Trinajstić information content (AvgIpc) is 3.14. The van der Waals surface area contributed by atoms with E-state index >= 15 is 0 Å². The van der Waals surface area contributed by atoms with Crippen LogP contribution >= 0.6 is 0 Å². The molecule has 0 spiro atoms. The van der Waals surface area contributed by atoms with Crippen LogP contribution < -0.4 is 15.4 Å². The summed E-state index contributed by atoms with van der Waals surface area (Å²) in [5, 5.41) is 5.65. The number of hydrogen-bond acceptors (Lipinski definition) is 5. The van der Waals surface area contributed by atoms with Gasteiger partial charge < -0.3 is 20.4 Å². The van der Waals surface area contributed by atoms with Gasteiger partial charge in [0.2, 0.25) is 5.82 Å². The van der Waals surface area contributed by atoms with Gasteiger partial charge in [-0.3, -0.25) is 4.79 Å². The fourth-order valence-electron chi connectivity index (χ4n) is 2.97. The van der Waals surface area contributed by atoms with Gasteiger partial charge in [-0.1, -0.05) is 0 Å². The zero-order valence-corrected chi connectivity index (χ0v) is 16.1. The van der Waals surface area contributed by atoms with Gasteiger partial charge in [0.25, 0.3) is 11.8 Å². The van der Waals surface area contributed by atoms with Crippen LogP contribution in [0.3, 0.4) is 0 Å². The molecule has 0 radical (unpaired) electrons. The lowest BCUT2D eigenvalue weighted by atomic mass is 10.2. The normalized spacial score (nSPS) is 10.8. The van der Waals surface area contributed by atoms with Crippen molar-refractivity contribution < 1.29 is 18.3 Å². The number of nitrogens with one attached hydrogen (secondary N) is 3. The first-order valence-electron chi connectivity index (χ1n) is 9.01. The molecule has 0 saturated carbocycles. The number of aromatic amines is 1. The fraction of sp³-hybridized carbons (Fsp3) is 0.0952. The molecule has 2 heterocycles. The molecule has 9 heteroatoms. The highest BCUT2D eigenvalue weighted by Gasteiger charge is 2.17. The number of aryl methyl sites for hydroxylation is 1. The first kappa shape index (κ1) is 19.3. The summed E-state index contributed by atoms with van der Waals surface area (Å²) in [6.45, 7) is 1.81. The Hall–Kier alpha value is -4.01. The number of hydrogen-bond donors (Lipinski definition) is 3. The maximum absolute atomic E-state index is 14.9. The summed E-state index contributed by atoms with van der Waals surface area (Å²) in [6.07, 6.45) is 1.11. The van der Waals surface area contributed by atoms with Crippen molar-refractivity contribution in [3.05, 3.63) is 71.7 Å². The molecule has 30 heavy (non-hydrogen) atoms. The summed E-state index contributed by atoms with van der Waals surface area (Å²) in [6, 6.07) is 11.1. The minimum atomic E-state index is -0.877. The van der Waals surface area contributed by atoms with Gasteiger partial charge in [0.1, 0.15) is 6.33 Å². The van der Waals surface area contributed by atoms with Crippen molar-refractivity contribution in [2.24, 2.45) is 0 Å². The molecule has 4 aromatic rings. The van der Waals surface area contributed by atoms with E-state index in [0.717, 1.165) is 12.0 Å². The van der Waals surface area contributed by atoms with E-state index in [2.05, 4.69) is 25.6 Å². The summed E-state index contributed by atoms with van der Waals surface area (Å²) >= 11 is 0. The molecule has 3 N–H and O–H groups in total. The molecule has 0 atom stereocenters. The van der Waals surface area contributed by atoms with Crippen LogP contribution in [0.1, 0.15) is 16.1 Å². The second kappa shape index (κ2) is 7.78. The van der Waals surface area contributed by atoms with E-state index in [1.165, 1.54) is 13.1 Å². The predicted octanol–water partition coefficient (Wildman–Crippen LogP) is 4.44. The second-order valence-corrected chi connectivity index (χ2v) is 6.52. The third-order valence-electron chi connectivity index (χ3n) is 4.44. The Balaban J connectivity index is 1.59. The molecule has 1 amide bonds. The van der Waals surface area contributed by atoms with Crippen molar-refractivity contribution in [1.82, 2.24) is 20.3 Å². The number of nitrogens with zero attached hydrogens (tertiary/aromatic N) is 2. The number of halogens is 2. The van der Waals surface area contributed by atoms with Crippen LogP contribution in [0.2, 0.25) is 0 Å². The standard InChI is InChI=1S/C21H17F2N5O2/c1-11-9-14-15(27-11)7-8-16(17(14)22)30-21-18(23)19(25-10-26-21)28-13-5-3-12(4-6-13)20(29)24-2/h3-10,27H,1-2H3,(H,24,29)(H,25,26,28). The monoisotopic (exact) mass is 409 g/mol. The number of ether oxygens (including phenoxy) is 1. The number of carbonyl (C=O) groups is 1. The minimum Gasteiger partial charge on any atom is -0.433 e.